The number of nitrogens with zero attached hydrogens (tertiary/aromatic N) is 3. The Hall–Kier alpha value is -2.95. The van der Waals surface area contributed by atoms with Gasteiger partial charge in [-0.1, -0.05) is 32.0 Å². The fourth-order valence-corrected chi connectivity index (χ4v) is 5.14. The molecule has 2 aromatic carbocycles. The second kappa shape index (κ2) is 11.6. The molecular formula is C27H32F2N4O3S. The van der Waals surface area contributed by atoms with Gasteiger partial charge >= 0.3 is 0 Å². The predicted octanol–water partition coefficient (Wildman–Crippen LogP) is 6.09. The molecule has 1 aliphatic rings. The Balaban J connectivity index is 1.40. The largest absolute Gasteiger partial charge is 0.406 e. The van der Waals surface area contributed by atoms with E-state index in [0.717, 1.165) is 17.6 Å². The van der Waals surface area contributed by atoms with Gasteiger partial charge in [-0.05, 0) is 55.5 Å². The number of amides is 1. The monoisotopic (exact) mass is 530 g/mol. The van der Waals surface area contributed by atoms with Gasteiger partial charge in [-0.3, -0.25) is 9.78 Å². The van der Waals surface area contributed by atoms with Crippen LogP contribution in [-0.2, 0) is 0 Å². The zero-order chi connectivity index (χ0) is 26.6. The molecule has 10 heteroatoms. The lowest BCUT2D eigenvalue weighted by Gasteiger charge is -2.39. The predicted molar refractivity (Wildman–Crippen MR) is 142 cm³/mol. The van der Waals surface area contributed by atoms with Gasteiger partial charge in [0, 0.05) is 42.8 Å². The minimum absolute atomic E-state index is 0.172. The third-order valence-corrected chi connectivity index (χ3v) is 6.98. The third-order valence-electron chi connectivity index (χ3n) is 6.42. The van der Waals surface area contributed by atoms with Crippen LogP contribution in [0.4, 0.5) is 14.5 Å². The quantitative estimate of drug-likeness (QED) is 0.197. The van der Waals surface area contributed by atoms with E-state index in [0.29, 0.717) is 49.5 Å². The molecule has 0 bridgehead atoms. The number of benzene rings is 2. The molecule has 1 aliphatic heterocycles. The van der Waals surface area contributed by atoms with Crippen LogP contribution in [0.25, 0.3) is 10.9 Å². The summed E-state index contributed by atoms with van der Waals surface area (Å²) < 4.78 is 35.1. The number of hydrogen-bond donors (Lipinski definition) is 2. The fourth-order valence-electron chi connectivity index (χ4n) is 4.68. The number of fused-ring (bicyclic) bond motifs is 1. The summed E-state index contributed by atoms with van der Waals surface area (Å²) in [6.45, 7) is 4.90. The van der Waals surface area contributed by atoms with Crippen LogP contribution >= 0.6 is 12.2 Å². The lowest BCUT2D eigenvalue weighted by atomic mass is 9.84. The van der Waals surface area contributed by atoms with Crippen molar-refractivity contribution in [1.29, 1.82) is 0 Å². The molecule has 1 aromatic heterocycles. The standard InChI is InChI=1S/C27H32F2N4O3S/c1-18(2)17-27(35)11-14-33(15-12-27)26(34)20-9-10-22(21(16-20)25(28)29)31-32(3)37-36-23-8-4-6-19-7-5-13-30-24(19)23/h4-10,13,16,18,25,31,35H,11-12,14-15,17H2,1-3H3. The number of carbonyl (C=O) groups is 1. The summed E-state index contributed by atoms with van der Waals surface area (Å²) in [5.74, 6) is 0.592. The molecule has 0 aliphatic carbocycles. The van der Waals surface area contributed by atoms with Crippen LogP contribution in [0.15, 0.2) is 54.7 Å². The van der Waals surface area contributed by atoms with Crippen LogP contribution < -0.4 is 9.61 Å². The number of aromatic nitrogens is 1. The molecule has 0 saturated carbocycles. The first kappa shape index (κ1) is 27.1. The number of para-hydroxylation sites is 1. The number of likely N-dealkylation sites (tertiary alicyclic amines) is 1. The van der Waals surface area contributed by atoms with E-state index in [1.807, 2.05) is 24.3 Å². The van der Waals surface area contributed by atoms with Crippen molar-refractivity contribution in [2.75, 3.05) is 25.6 Å². The van der Waals surface area contributed by atoms with Gasteiger partial charge in [-0.15, -0.1) is 4.41 Å². The van der Waals surface area contributed by atoms with Gasteiger partial charge in [0.2, 0.25) is 0 Å². The molecule has 198 valence electrons. The maximum absolute atomic E-state index is 13.9. The van der Waals surface area contributed by atoms with Crippen LogP contribution in [0.2, 0.25) is 0 Å². The molecule has 0 unspecified atom stereocenters. The van der Waals surface area contributed by atoms with Crippen molar-refractivity contribution >= 4 is 34.7 Å². The Morgan fingerprint density at radius 1 is 1.22 bits per heavy atom. The van der Waals surface area contributed by atoms with Crippen molar-refractivity contribution < 1.29 is 22.9 Å². The van der Waals surface area contributed by atoms with Crippen molar-refractivity contribution in [3.8, 4) is 5.75 Å². The van der Waals surface area contributed by atoms with Crippen molar-refractivity contribution in [1.82, 2.24) is 14.3 Å². The van der Waals surface area contributed by atoms with Gasteiger partial charge in [0.25, 0.3) is 12.3 Å². The smallest absolute Gasteiger partial charge is 0.265 e. The Morgan fingerprint density at radius 2 is 1.95 bits per heavy atom. The van der Waals surface area contributed by atoms with Gasteiger partial charge < -0.3 is 19.6 Å². The number of halogens is 2. The van der Waals surface area contributed by atoms with E-state index in [2.05, 4.69) is 24.3 Å². The summed E-state index contributed by atoms with van der Waals surface area (Å²) in [4.78, 5) is 19.0. The Kier molecular flexibility index (Phi) is 8.51. The number of hydrazine groups is 1. The number of carbonyl (C=O) groups excluding carboxylic acids is 1. The second-order valence-electron chi connectivity index (χ2n) is 9.82. The van der Waals surface area contributed by atoms with Crippen LogP contribution in [0.3, 0.4) is 0 Å². The minimum Gasteiger partial charge on any atom is -0.406 e. The molecule has 0 atom stereocenters. The van der Waals surface area contributed by atoms with Crippen molar-refractivity contribution in [3.63, 3.8) is 0 Å². The maximum atomic E-state index is 13.9. The average molecular weight is 531 g/mol. The van der Waals surface area contributed by atoms with E-state index < -0.39 is 12.0 Å². The number of hydrogen-bond acceptors (Lipinski definition) is 7. The van der Waals surface area contributed by atoms with Crippen LogP contribution in [0, 0.1) is 5.92 Å². The molecule has 0 radical (unpaired) electrons. The van der Waals surface area contributed by atoms with Gasteiger partial charge in [0.05, 0.1) is 11.3 Å². The van der Waals surface area contributed by atoms with Crippen LogP contribution in [0.1, 0.15) is 55.5 Å². The molecule has 1 saturated heterocycles. The van der Waals surface area contributed by atoms with E-state index >= 15 is 0 Å². The molecular weight excluding hydrogens is 498 g/mol. The third kappa shape index (κ3) is 6.68. The lowest BCUT2D eigenvalue weighted by Crippen LogP contribution is -2.47. The first-order chi connectivity index (χ1) is 17.6. The van der Waals surface area contributed by atoms with Gasteiger partial charge in [-0.25, -0.2) is 8.78 Å². The van der Waals surface area contributed by atoms with Crippen molar-refractivity contribution in [2.24, 2.45) is 5.92 Å². The molecule has 3 aromatic rings. The summed E-state index contributed by atoms with van der Waals surface area (Å²) in [6.07, 6.45) is 0.528. The number of alkyl halides is 2. The molecule has 7 nitrogen and oxygen atoms in total. The number of aliphatic hydroxyl groups is 1. The van der Waals surface area contributed by atoms with Crippen molar-refractivity contribution in [3.05, 3.63) is 65.9 Å². The Bertz CT molecular complexity index is 1230. The zero-order valence-corrected chi connectivity index (χ0v) is 22.0. The van der Waals surface area contributed by atoms with E-state index in [-0.39, 0.29) is 22.7 Å². The lowest BCUT2D eigenvalue weighted by molar-refractivity contribution is -0.0311. The Labute approximate surface area is 220 Å². The number of piperidine rings is 1. The topological polar surface area (TPSA) is 77.9 Å². The second-order valence-corrected chi connectivity index (χ2v) is 10.7. The molecule has 37 heavy (non-hydrogen) atoms. The number of pyridine rings is 1. The SMILES string of the molecule is CC(C)CC1(O)CCN(C(=O)c2ccc(NN(C)SOc3cccc4cccnc34)c(C(F)F)c2)CC1. The van der Waals surface area contributed by atoms with Crippen LogP contribution in [-0.4, -0.2) is 51.1 Å². The molecule has 2 N–H and O–H groups in total. The van der Waals surface area contributed by atoms with E-state index in [1.165, 1.54) is 16.5 Å². The maximum Gasteiger partial charge on any atom is 0.265 e. The average Bonchev–Trinajstić information content (AvgIpc) is 2.87. The first-order valence-electron chi connectivity index (χ1n) is 12.3. The van der Waals surface area contributed by atoms with Gasteiger partial charge in [0.15, 0.2) is 18.0 Å². The summed E-state index contributed by atoms with van der Waals surface area (Å²) in [6, 6.07) is 13.6. The molecule has 1 fully saturated rings. The van der Waals surface area contributed by atoms with Gasteiger partial charge in [-0.2, -0.15) is 0 Å². The summed E-state index contributed by atoms with van der Waals surface area (Å²) in [5, 5.41) is 11.7. The highest BCUT2D eigenvalue weighted by Crippen LogP contribution is 2.33. The fraction of sp³-hybridized carbons (Fsp3) is 0.407. The van der Waals surface area contributed by atoms with E-state index in [4.69, 9.17) is 4.18 Å². The van der Waals surface area contributed by atoms with Gasteiger partial charge in [0.1, 0.15) is 5.52 Å². The molecule has 4 rings (SSSR count). The highest BCUT2D eigenvalue weighted by atomic mass is 32.2. The summed E-state index contributed by atoms with van der Waals surface area (Å²) in [7, 11) is 1.64. The molecule has 1 amide bonds. The minimum atomic E-state index is -2.78. The summed E-state index contributed by atoms with van der Waals surface area (Å²) in [5.41, 5.74) is 2.91. The van der Waals surface area contributed by atoms with Crippen LogP contribution in [0.5, 0.6) is 5.75 Å². The highest BCUT2D eigenvalue weighted by molar-refractivity contribution is 7.92. The first-order valence-corrected chi connectivity index (χ1v) is 13.0. The number of anilines is 1. The highest BCUT2D eigenvalue weighted by Gasteiger charge is 2.34. The number of nitrogens with one attached hydrogen (secondary N) is 1. The molecule has 2 heterocycles. The van der Waals surface area contributed by atoms with E-state index in [1.54, 1.807) is 30.3 Å². The van der Waals surface area contributed by atoms with Crippen molar-refractivity contribution in [2.45, 2.75) is 45.1 Å². The van der Waals surface area contributed by atoms with E-state index in [9.17, 15) is 18.7 Å². The number of rotatable bonds is 9. The normalized spacial score (nSPS) is 15.5. The zero-order valence-electron chi connectivity index (χ0n) is 21.2. The molecule has 0 spiro atoms. The Morgan fingerprint density at radius 3 is 2.65 bits per heavy atom. The summed E-state index contributed by atoms with van der Waals surface area (Å²) >= 11 is 0.935.